The predicted octanol–water partition coefficient (Wildman–Crippen LogP) is 3.84. The first-order valence-electron chi connectivity index (χ1n) is 7.26. The van der Waals surface area contributed by atoms with E-state index in [1.165, 1.54) is 5.56 Å². The molecule has 0 saturated carbocycles. The molecule has 0 atom stereocenters. The summed E-state index contributed by atoms with van der Waals surface area (Å²) in [6.07, 6.45) is 1.03. The molecule has 1 saturated heterocycles. The first kappa shape index (κ1) is 15.9. The third kappa shape index (κ3) is 3.05. The molecule has 1 aromatic rings. The van der Waals surface area contributed by atoms with Gasteiger partial charge in [-0.1, -0.05) is 37.6 Å². The van der Waals surface area contributed by atoms with Crippen molar-refractivity contribution in [3.8, 4) is 0 Å². The van der Waals surface area contributed by atoms with Gasteiger partial charge in [0, 0.05) is 10.5 Å². The van der Waals surface area contributed by atoms with Crippen molar-refractivity contribution in [2.45, 2.75) is 59.2 Å². The second kappa shape index (κ2) is 5.36. The molecule has 1 aromatic carbocycles. The molecular weight excluding hydrogens is 270 g/mol. The van der Waals surface area contributed by atoms with E-state index in [9.17, 15) is 0 Å². The Morgan fingerprint density at radius 3 is 2.10 bits per heavy atom. The van der Waals surface area contributed by atoms with Gasteiger partial charge in [0.15, 0.2) is 0 Å². The molecule has 0 spiro atoms. The largest absolute Gasteiger partial charge is 0.496 e. The molecule has 1 heterocycles. The Hall–Kier alpha value is -0.505. The minimum Gasteiger partial charge on any atom is -0.399 e. The summed E-state index contributed by atoms with van der Waals surface area (Å²) in [4.78, 5) is 0. The minimum absolute atomic E-state index is 0.336. The summed E-state index contributed by atoms with van der Waals surface area (Å²) >= 11 is 6.42. The standard InChI is InChI=1S/C16H24BClO2/c1-11(2)9-12-7-8-13(14(18)10-12)17-19-15(3,4)16(5,6)20-17/h7-8,10-11H,9H2,1-6H3. The highest BCUT2D eigenvalue weighted by Gasteiger charge is 2.52. The molecule has 4 heteroatoms. The van der Waals surface area contributed by atoms with Crippen molar-refractivity contribution in [2.24, 2.45) is 5.92 Å². The fraction of sp³-hybridized carbons (Fsp3) is 0.625. The van der Waals surface area contributed by atoms with Crippen LogP contribution in [0.1, 0.15) is 47.1 Å². The van der Waals surface area contributed by atoms with Crippen LogP contribution in [0.15, 0.2) is 18.2 Å². The lowest BCUT2D eigenvalue weighted by Gasteiger charge is -2.32. The Kier molecular flexibility index (Phi) is 4.26. The number of hydrogen-bond donors (Lipinski definition) is 0. The topological polar surface area (TPSA) is 18.5 Å². The van der Waals surface area contributed by atoms with Crippen LogP contribution in [0.4, 0.5) is 0 Å². The van der Waals surface area contributed by atoms with Crippen molar-refractivity contribution in [3.63, 3.8) is 0 Å². The van der Waals surface area contributed by atoms with E-state index in [1.807, 2.05) is 39.8 Å². The van der Waals surface area contributed by atoms with E-state index < -0.39 is 0 Å². The van der Waals surface area contributed by atoms with E-state index in [0.717, 1.165) is 16.9 Å². The van der Waals surface area contributed by atoms with E-state index in [2.05, 4.69) is 19.9 Å². The Balaban J connectivity index is 2.23. The normalized spacial score (nSPS) is 20.7. The zero-order valence-electron chi connectivity index (χ0n) is 13.3. The third-order valence-corrected chi connectivity index (χ3v) is 4.54. The van der Waals surface area contributed by atoms with Gasteiger partial charge < -0.3 is 9.31 Å². The van der Waals surface area contributed by atoms with Gasteiger partial charge in [0.1, 0.15) is 0 Å². The van der Waals surface area contributed by atoms with Crippen molar-refractivity contribution in [1.82, 2.24) is 0 Å². The van der Waals surface area contributed by atoms with Crippen LogP contribution in [-0.2, 0) is 15.7 Å². The first-order valence-corrected chi connectivity index (χ1v) is 7.64. The summed E-state index contributed by atoms with van der Waals surface area (Å²) in [5.74, 6) is 0.619. The first-order chi connectivity index (χ1) is 9.12. The van der Waals surface area contributed by atoms with Gasteiger partial charge in [-0.25, -0.2) is 0 Å². The zero-order chi connectivity index (χ0) is 15.1. The lowest BCUT2D eigenvalue weighted by Crippen LogP contribution is -2.41. The van der Waals surface area contributed by atoms with Crippen LogP contribution >= 0.6 is 11.6 Å². The van der Waals surface area contributed by atoms with E-state index in [-0.39, 0.29) is 18.3 Å². The van der Waals surface area contributed by atoms with Crippen LogP contribution in [0, 0.1) is 5.92 Å². The van der Waals surface area contributed by atoms with Crippen LogP contribution < -0.4 is 5.46 Å². The van der Waals surface area contributed by atoms with Gasteiger partial charge in [-0.3, -0.25) is 0 Å². The summed E-state index contributed by atoms with van der Waals surface area (Å²) in [7, 11) is -0.388. The molecule has 2 nitrogen and oxygen atoms in total. The molecule has 0 aliphatic carbocycles. The van der Waals surface area contributed by atoms with Crippen molar-refractivity contribution < 1.29 is 9.31 Å². The molecule has 2 rings (SSSR count). The maximum absolute atomic E-state index is 6.42. The molecule has 0 amide bonds. The highest BCUT2D eigenvalue weighted by Crippen LogP contribution is 2.37. The van der Waals surface area contributed by atoms with Crippen LogP contribution in [-0.4, -0.2) is 18.3 Å². The molecule has 0 N–H and O–H groups in total. The summed E-state index contributed by atoms with van der Waals surface area (Å²) < 4.78 is 12.1. The average Bonchev–Trinajstić information content (AvgIpc) is 2.46. The third-order valence-electron chi connectivity index (χ3n) is 4.22. The highest BCUT2D eigenvalue weighted by atomic mass is 35.5. The van der Waals surface area contributed by atoms with Crippen LogP contribution in [0.25, 0.3) is 0 Å². The number of hydrogen-bond acceptors (Lipinski definition) is 2. The second-order valence-electron chi connectivity index (χ2n) is 7.04. The fourth-order valence-corrected chi connectivity index (χ4v) is 2.62. The molecule has 1 aliphatic heterocycles. The van der Waals surface area contributed by atoms with Crippen LogP contribution in [0.3, 0.4) is 0 Å². The molecule has 0 radical (unpaired) electrons. The lowest BCUT2D eigenvalue weighted by atomic mass is 9.78. The molecule has 20 heavy (non-hydrogen) atoms. The van der Waals surface area contributed by atoms with Gasteiger partial charge in [0.2, 0.25) is 0 Å². The monoisotopic (exact) mass is 294 g/mol. The van der Waals surface area contributed by atoms with E-state index in [4.69, 9.17) is 20.9 Å². The maximum atomic E-state index is 6.42. The minimum atomic E-state index is -0.388. The van der Waals surface area contributed by atoms with Crippen molar-refractivity contribution >= 4 is 24.2 Å². The van der Waals surface area contributed by atoms with E-state index in [1.54, 1.807) is 0 Å². The van der Waals surface area contributed by atoms with Gasteiger partial charge in [-0.05, 0) is 51.7 Å². The Labute approximate surface area is 127 Å². The lowest BCUT2D eigenvalue weighted by molar-refractivity contribution is 0.00578. The highest BCUT2D eigenvalue weighted by molar-refractivity contribution is 6.65. The number of benzene rings is 1. The van der Waals surface area contributed by atoms with E-state index in [0.29, 0.717) is 5.92 Å². The SMILES string of the molecule is CC(C)Cc1ccc(B2OC(C)(C)C(C)(C)O2)c(Cl)c1. The van der Waals surface area contributed by atoms with Gasteiger partial charge >= 0.3 is 7.12 Å². The average molecular weight is 295 g/mol. The summed E-state index contributed by atoms with van der Waals surface area (Å²) in [5.41, 5.74) is 1.50. The summed E-state index contributed by atoms with van der Waals surface area (Å²) in [6.45, 7) is 12.6. The molecule has 0 aromatic heterocycles. The summed E-state index contributed by atoms with van der Waals surface area (Å²) in [5, 5.41) is 0.724. The number of rotatable bonds is 3. The molecule has 110 valence electrons. The Bertz CT molecular complexity index is 481. The molecule has 1 aliphatic rings. The van der Waals surface area contributed by atoms with Crippen molar-refractivity contribution in [3.05, 3.63) is 28.8 Å². The smallest absolute Gasteiger partial charge is 0.399 e. The Morgan fingerprint density at radius 1 is 1.10 bits per heavy atom. The van der Waals surface area contributed by atoms with Gasteiger partial charge in [-0.15, -0.1) is 0 Å². The van der Waals surface area contributed by atoms with Crippen molar-refractivity contribution in [1.29, 1.82) is 0 Å². The number of halogens is 1. The van der Waals surface area contributed by atoms with Crippen LogP contribution in [0.2, 0.25) is 5.02 Å². The fourth-order valence-electron chi connectivity index (χ4n) is 2.33. The molecule has 0 bridgehead atoms. The zero-order valence-corrected chi connectivity index (χ0v) is 14.0. The molecular formula is C16H24BClO2. The molecule has 1 fully saturated rings. The maximum Gasteiger partial charge on any atom is 0.496 e. The van der Waals surface area contributed by atoms with Gasteiger partial charge in [0.25, 0.3) is 0 Å². The summed E-state index contributed by atoms with van der Waals surface area (Å²) in [6, 6.07) is 6.18. The van der Waals surface area contributed by atoms with E-state index >= 15 is 0 Å². The Morgan fingerprint density at radius 2 is 1.65 bits per heavy atom. The van der Waals surface area contributed by atoms with Crippen molar-refractivity contribution in [2.75, 3.05) is 0 Å². The quantitative estimate of drug-likeness (QED) is 0.789. The predicted molar refractivity (Wildman–Crippen MR) is 85.7 cm³/mol. The molecule has 0 unspecified atom stereocenters. The van der Waals surface area contributed by atoms with Gasteiger partial charge in [0.05, 0.1) is 11.2 Å². The van der Waals surface area contributed by atoms with Gasteiger partial charge in [-0.2, -0.15) is 0 Å². The second-order valence-corrected chi connectivity index (χ2v) is 7.45. The van der Waals surface area contributed by atoms with Crippen LogP contribution in [0.5, 0.6) is 0 Å².